The third kappa shape index (κ3) is 6.14. The zero-order valence-electron chi connectivity index (χ0n) is 12.2. The highest BCUT2D eigenvalue weighted by atomic mass is 16.5. The number of rotatable bonds is 8. The normalized spacial score (nSPS) is 15.8. The summed E-state index contributed by atoms with van der Waals surface area (Å²) in [5.41, 5.74) is 0. The summed E-state index contributed by atoms with van der Waals surface area (Å²) in [6, 6.07) is -0.104. The largest absolute Gasteiger partial charge is 0.481 e. The van der Waals surface area contributed by atoms with Gasteiger partial charge in [0.1, 0.15) is 0 Å². The van der Waals surface area contributed by atoms with Crippen molar-refractivity contribution >= 4 is 12.0 Å². The molecule has 0 bridgehead atoms. The number of carbonyl (C=O) groups excluding carboxylic acids is 1. The zero-order chi connectivity index (χ0) is 15.7. The van der Waals surface area contributed by atoms with E-state index in [-0.39, 0.29) is 31.8 Å². The first-order chi connectivity index (χ1) is 10.1. The van der Waals surface area contributed by atoms with Gasteiger partial charge in [-0.3, -0.25) is 4.79 Å². The molecular weight excluding hydrogens is 276 g/mol. The number of aliphatic hydroxyl groups is 1. The summed E-state index contributed by atoms with van der Waals surface area (Å²) in [6.07, 6.45) is 3.05. The average Bonchev–Trinajstić information content (AvgIpc) is 2.47. The fourth-order valence-corrected chi connectivity index (χ4v) is 2.27. The molecule has 0 atom stereocenters. The van der Waals surface area contributed by atoms with E-state index in [4.69, 9.17) is 14.9 Å². The number of aliphatic hydroxyl groups excluding tert-OH is 1. The highest BCUT2D eigenvalue weighted by Gasteiger charge is 2.26. The number of carboxylic acid groups (broad SMARTS) is 1. The topological polar surface area (TPSA) is 90.3 Å². The fraction of sp³-hybridized carbons (Fsp3) is 0.714. The van der Waals surface area contributed by atoms with Gasteiger partial charge < -0.3 is 24.7 Å². The fourth-order valence-electron chi connectivity index (χ4n) is 2.27. The molecule has 7 nitrogen and oxygen atoms in total. The molecule has 2 amide bonds. The Hall–Kier alpha value is -1.60. The van der Waals surface area contributed by atoms with Gasteiger partial charge in [0.05, 0.1) is 25.7 Å². The number of amides is 2. The molecule has 1 rings (SSSR count). The number of piperidine rings is 1. The van der Waals surface area contributed by atoms with Gasteiger partial charge in [-0.2, -0.15) is 0 Å². The summed E-state index contributed by atoms with van der Waals surface area (Å²) in [7, 11) is 0. The van der Waals surface area contributed by atoms with Crippen LogP contribution in [0.3, 0.4) is 0 Å². The van der Waals surface area contributed by atoms with Crippen molar-refractivity contribution in [3.63, 3.8) is 0 Å². The molecule has 0 aliphatic carbocycles. The molecule has 1 fully saturated rings. The van der Waals surface area contributed by atoms with Crippen molar-refractivity contribution in [1.29, 1.82) is 0 Å². The maximum Gasteiger partial charge on any atom is 0.320 e. The highest BCUT2D eigenvalue weighted by molar-refractivity contribution is 5.74. The van der Waals surface area contributed by atoms with E-state index in [1.165, 1.54) is 0 Å². The van der Waals surface area contributed by atoms with E-state index in [0.717, 1.165) is 0 Å². The third-order valence-corrected chi connectivity index (χ3v) is 3.37. The number of ether oxygens (including phenoxy) is 1. The van der Waals surface area contributed by atoms with Crippen molar-refractivity contribution in [3.05, 3.63) is 12.7 Å². The van der Waals surface area contributed by atoms with Gasteiger partial charge in [-0.15, -0.1) is 6.58 Å². The van der Waals surface area contributed by atoms with Gasteiger partial charge in [-0.1, -0.05) is 6.08 Å². The second kappa shape index (κ2) is 9.36. The lowest BCUT2D eigenvalue weighted by Gasteiger charge is -2.35. The van der Waals surface area contributed by atoms with Crippen LogP contribution in [0.2, 0.25) is 0 Å². The zero-order valence-corrected chi connectivity index (χ0v) is 12.2. The molecule has 1 aliphatic heterocycles. The molecule has 1 aliphatic rings. The Morgan fingerprint density at radius 2 is 2.05 bits per heavy atom. The number of aliphatic carboxylic acids is 1. The Morgan fingerprint density at radius 3 is 2.57 bits per heavy atom. The van der Waals surface area contributed by atoms with Crippen LogP contribution >= 0.6 is 0 Å². The molecule has 120 valence electrons. The van der Waals surface area contributed by atoms with Gasteiger partial charge in [-0.25, -0.2) is 4.79 Å². The summed E-state index contributed by atoms with van der Waals surface area (Å²) in [5.74, 6) is -0.869. The van der Waals surface area contributed by atoms with Crippen LogP contribution in [-0.4, -0.2) is 77.5 Å². The van der Waals surface area contributed by atoms with Gasteiger partial charge in [0.15, 0.2) is 0 Å². The summed E-state index contributed by atoms with van der Waals surface area (Å²) >= 11 is 0. The first-order valence-electron chi connectivity index (χ1n) is 7.17. The maximum absolute atomic E-state index is 12.3. The van der Waals surface area contributed by atoms with Gasteiger partial charge in [0.2, 0.25) is 0 Å². The van der Waals surface area contributed by atoms with E-state index >= 15 is 0 Å². The summed E-state index contributed by atoms with van der Waals surface area (Å²) in [6.45, 7) is 5.60. The van der Waals surface area contributed by atoms with Crippen molar-refractivity contribution in [3.8, 4) is 0 Å². The van der Waals surface area contributed by atoms with Crippen LogP contribution < -0.4 is 0 Å². The van der Waals surface area contributed by atoms with Gasteiger partial charge in [0, 0.05) is 26.2 Å². The Bertz CT molecular complexity index is 353. The quantitative estimate of drug-likeness (QED) is 0.639. The number of hydrogen-bond donors (Lipinski definition) is 2. The lowest BCUT2D eigenvalue weighted by atomic mass is 10.1. The Morgan fingerprint density at radius 1 is 1.38 bits per heavy atom. The minimum Gasteiger partial charge on any atom is -0.481 e. The summed E-state index contributed by atoms with van der Waals surface area (Å²) in [4.78, 5) is 26.0. The SMILES string of the molecule is C=CCN(CCO)C(=O)N1CCC(OCCC(=O)O)CC1. The number of carboxylic acids is 1. The Labute approximate surface area is 124 Å². The Kier molecular flexibility index (Phi) is 7.78. The van der Waals surface area contributed by atoms with E-state index in [0.29, 0.717) is 39.0 Å². The molecule has 0 radical (unpaired) electrons. The van der Waals surface area contributed by atoms with Crippen molar-refractivity contribution < 1.29 is 24.5 Å². The van der Waals surface area contributed by atoms with Gasteiger partial charge in [-0.05, 0) is 12.8 Å². The van der Waals surface area contributed by atoms with Gasteiger partial charge in [0.25, 0.3) is 0 Å². The molecule has 1 heterocycles. The van der Waals surface area contributed by atoms with Gasteiger partial charge >= 0.3 is 12.0 Å². The van der Waals surface area contributed by atoms with Crippen LogP contribution in [0, 0.1) is 0 Å². The molecule has 0 saturated carbocycles. The van der Waals surface area contributed by atoms with Crippen LogP contribution in [0.15, 0.2) is 12.7 Å². The van der Waals surface area contributed by atoms with Crippen LogP contribution in [0.4, 0.5) is 4.79 Å². The van der Waals surface area contributed by atoms with E-state index in [1.807, 2.05) is 0 Å². The predicted molar refractivity (Wildman–Crippen MR) is 77.1 cm³/mol. The molecule has 21 heavy (non-hydrogen) atoms. The molecule has 0 aromatic carbocycles. The van der Waals surface area contributed by atoms with Crippen molar-refractivity contribution in [2.24, 2.45) is 0 Å². The molecule has 0 aromatic heterocycles. The average molecular weight is 300 g/mol. The van der Waals surface area contributed by atoms with Crippen molar-refractivity contribution in [2.75, 3.05) is 39.4 Å². The van der Waals surface area contributed by atoms with Crippen molar-refractivity contribution in [2.45, 2.75) is 25.4 Å². The van der Waals surface area contributed by atoms with Crippen LogP contribution in [-0.2, 0) is 9.53 Å². The standard InChI is InChI=1S/C14H24N2O5/c1-2-6-15(9-10-17)14(20)16-7-3-12(4-8-16)21-11-5-13(18)19/h2,12,17H,1,3-11H2,(H,18,19). The molecule has 2 N–H and O–H groups in total. The number of urea groups is 1. The van der Waals surface area contributed by atoms with E-state index < -0.39 is 5.97 Å². The summed E-state index contributed by atoms with van der Waals surface area (Å²) in [5, 5.41) is 17.5. The minimum absolute atomic E-state index is 0.00274. The second-order valence-electron chi connectivity index (χ2n) is 4.94. The van der Waals surface area contributed by atoms with Crippen LogP contribution in [0.25, 0.3) is 0 Å². The highest BCUT2D eigenvalue weighted by Crippen LogP contribution is 2.15. The third-order valence-electron chi connectivity index (χ3n) is 3.37. The molecule has 0 unspecified atom stereocenters. The molecule has 7 heteroatoms. The first-order valence-corrected chi connectivity index (χ1v) is 7.17. The summed E-state index contributed by atoms with van der Waals surface area (Å²) < 4.78 is 5.49. The smallest absolute Gasteiger partial charge is 0.320 e. The predicted octanol–water partition coefficient (Wildman–Crippen LogP) is 0.542. The monoisotopic (exact) mass is 300 g/mol. The second-order valence-corrected chi connectivity index (χ2v) is 4.94. The number of likely N-dealkylation sites (tertiary alicyclic amines) is 1. The molecule has 0 aromatic rings. The number of carbonyl (C=O) groups is 2. The van der Waals surface area contributed by atoms with E-state index in [2.05, 4.69) is 6.58 Å². The maximum atomic E-state index is 12.3. The molecular formula is C14H24N2O5. The Balaban J connectivity index is 2.35. The number of nitrogens with zero attached hydrogens (tertiary/aromatic N) is 2. The lowest BCUT2D eigenvalue weighted by Crippen LogP contribution is -2.48. The lowest BCUT2D eigenvalue weighted by molar-refractivity contribution is -0.138. The van der Waals surface area contributed by atoms with Crippen LogP contribution in [0.5, 0.6) is 0 Å². The minimum atomic E-state index is -0.869. The molecule has 1 saturated heterocycles. The van der Waals surface area contributed by atoms with E-state index in [1.54, 1.807) is 15.9 Å². The number of hydrogen-bond acceptors (Lipinski definition) is 4. The van der Waals surface area contributed by atoms with Crippen molar-refractivity contribution in [1.82, 2.24) is 9.80 Å². The van der Waals surface area contributed by atoms with Crippen LogP contribution in [0.1, 0.15) is 19.3 Å². The first kappa shape index (κ1) is 17.5. The van der Waals surface area contributed by atoms with E-state index in [9.17, 15) is 9.59 Å². The molecule has 0 spiro atoms.